The number of hydrogen-bond donors (Lipinski definition) is 1. The predicted octanol–water partition coefficient (Wildman–Crippen LogP) is 4.75. The number of aromatic nitrogens is 1. The summed E-state index contributed by atoms with van der Waals surface area (Å²) in [4.78, 5) is 18.8. The SMILES string of the molecule is CSc1ccc2nc(NC(=O)CSc3ccccc3)sc2c1. The monoisotopic (exact) mass is 346 g/mol. The molecule has 0 atom stereocenters. The average Bonchev–Trinajstić information content (AvgIpc) is 2.95. The van der Waals surface area contributed by atoms with Gasteiger partial charge in [0.2, 0.25) is 5.91 Å². The summed E-state index contributed by atoms with van der Waals surface area (Å²) < 4.78 is 1.10. The molecule has 0 saturated carbocycles. The van der Waals surface area contributed by atoms with E-state index in [4.69, 9.17) is 0 Å². The number of thiazole rings is 1. The lowest BCUT2D eigenvalue weighted by molar-refractivity contribution is -0.113. The van der Waals surface area contributed by atoms with E-state index in [1.54, 1.807) is 11.8 Å². The predicted molar refractivity (Wildman–Crippen MR) is 97.2 cm³/mol. The Morgan fingerprint density at radius 3 is 2.77 bits per heavy atom. The first-order valence-electron chi connectivity index (χ1n) is 6.67. The zero-order chi connectivity index (χ0) is 15.4. The molecule has 22 heavy (non-hydrogen) atoms. The van der Waals surface area contributed by atoms with E-state index in [2.05, 4.69) is 16.4 Å². The summed E-state index contributed by atoms with van der Waals surface area (Å²) in [6.45, 7) is 0. The second-order valence-electron chi connectivity index (χ2n) is 4.50. The van der Waals surface area contributed by atoms with Crippen molar-refractivity contribution in [3.63, 3.8) is 0 Å². The number of nitrogens with one attached hydrogen (secondary N) is 1. The summed E-state index contributed by atoms with van der Waals surface area (Å²) in [7, 11) is 0. The van der Waals surface area contributed by atoms with Crippen LogP contribution in [0.5, 0.6) is 0 Å². The zero-order valence-corrected chi connectivity index (χ0v) is 14.4. The van der Waals surface area contributed by atoms with Gasteiger partial charge in [-0.15, -0.1) is 23.5 Å². The third kappa shape index (κ3) is 3.82. The van der Waals surface area contributed by atoms with Gasteiger partial charge in [0, 0.05) is 9.79 Å². The van der Waals surface area contributed by atoms with Crippen molar-refractivity contribution in [3.8, 4) is 0 Å². The van der Waals surface area contributed by atoms with Crippen molar-refractivity contribution in [1.82, 2.24) is 4.98 Å². The highest BCUT2D eigenvalue weighted by Gasteiger charge is 2.09. The van der Waals surface area contributed by atoms with Gasteiger partial charge in [0.05, 0.1) is 16.0 Å². The Bertz CT molecular complexity index is 786. The van der Waals surface area contributed by atoms with Crippen molar-refractivity contribution in [2.24, 2.45) is 0 Å². The van der Waals surface area contributed by atoms with Gasteiger partial charge in [-0.2, -0.15) is 0 Å². The molecule has 3 rings (SSSR count). The molecule has 6 heteroatoms. The maximum Gasteiger partial charge on any atom is 0.236 e. The average molecular weight is 347 g/mol. The molecule has 0 aliphatic heterocycles. The molecule has 3 nitrogen and oxygen atoms in total. The summed E-state index contributed by atoms with van der Waals surface area (Å²) in [6, 6.07) is 16.0. The molecule has 0 radical (unpaired) electrons. The Morgan fingerprint density at radius 1 is 1.18 bits per heavy atom. The molecular formula is C16H14N2OS3. The first-order chi connectivity index (χ1) is 10.7. The number of amides is 1. The van der Waals surface area contributed by atoms with Crippen LogP contribution in [0.3, 0.4) is 0 Å². The zero-order valence-electron chi connectivity index (χ0n) is 11.9. The van der Waals surface area contributed by atoms with Crippen LogP contribution in [-0.2, 0) is 4.79 Å². The molecule has 0 bridgehead atoms. The largest absolute Gasteiger partial charge is 0.301 e. The maximum atomic E-state index is 12.0. The van der Waals surface area contributed by atoms with Gasteiger partial charge in [-0.25, -0.2) is 4.98 Å². The summed E-state index contributed by atoms with van der Waals surface area (Å²) >= 11 is 4.73. The molecule has 0 spiro atoms. The van der Waals surface area contributed by atoms with Crippen LogP contribution < -0.4 is 5.32 Å². The van der Waals surface area contributed by atoms with Gasteiger partial charge in [-0.1, -0.05) is 29.5 Å². The minimum absolute atomic E-state index is 0.0296. The molecule has 3 aromatic rings. The number of thioether (sulfide) groups is 2. The molecular weight excluding hydrogens is 332 g/mol. The van der Waals surface area contributed by atoms with Crippen LogP contribution in [0.15, 0.2) is 58.3 Å². The van der Waals surface area contributed by atoms with Crippen molar-refractivity contribution in [2.45, 2.75) is 9.79 Å². The summed E-state index contributed by atoms with van der Waals surface area (Å²) in [5, 5.41) is 3.54. The molecule has 1 N–H and O–H groups in total. The molecule has 1 aromatic heterocycles. The number of carbonyl (C=O) groups is 1. The number of benzene rings is 2. The molecule has 2 aromatic carbocycles. The lowest BCUT2D eigenvalue weighted by Gasteiger charge is -2.01. The highest BCUT2D eigenvalue weighted by Crippen LogP contribution is 2.29. The summed E-state index contributed by atoms with van der Waals surface area (Å²) in [6.07, 6.45) is 2.05. The molecule has 0 unspecified atom stereocenters. The number of fused-ring (bicyclic) bond motifs is 1. The van der Waals surface area contributed by atoms with Crippen molar-refractivity contribution >= 4 is 56.1 Å². The number of nitrogens with zero attached hydrogens (tertiary/aromatic N) is 1. The van der Waals surface area contributed by atoms with E-state index in [-0.39, 0.29) is 5.91 Å². The van der Waals surface area contributed by atoms with Crippen LogP contribution in [0.25, 0.3) is 10.2 Å². The first kappa shape index (κ1) is 15.4. The van der Waals surface area contributed by atoms with Gasteiger partial charge >= 0.3 is 0 Å². The van der Waals surface area contributed by atoms with Crippen molar-refractivity contribution in [2.75, 3.05) is 17.3 Å². The lowest BCUT2D eigenvalue weighted by Crippen LogP contribution is -2.13. The van der Waals surface area contributed by atoms with Crippen LogP contribution in [0.4, 0.5) is 5.13 Å². The molecule has 112 valence electrons. The normalized spacial score (nSPS) is 10.8. The first-order valence-corrected chi connectivity index (χ1v) is 9.69. The van der Waals surface area contributed by atoms with Gasteiger partial charge in [-0.05, 0) is 36.6 Å². The van der Waals surface area contributed by atoms with E-state index in [9.17, 15) is 4.79 Å². The van der Waals surface area contributed by atoms with E-state index in [1.165, 1.54) is 28.0 Å². The van der Waals surface area contributed by atoms with Gasteiger partial charge in [0.1, 0.15) is 0 Å². The minimum Gasteiger partial charge on any atom is -0.301 e. The quantitative estimate of drug-likeness (QED) is 0.677. The standard InChI is InChI=1S/C16H14N2OS3/c1-20-12-7-8-13-14(9-12)22-16(17-13)18-15(19)10-21-11-5-3-2-4-6-11/h2-9H,10H2,1H3,(H,17,18,19). The highest BCUT2D eigenvalue weighted by atomic mass is 32.2. The summed E-state index contributed by atoms with van der Waals surface area (Å²) in [5.74, 6) is 0.355. The molecule has 1 amide bonds. The Morgan fingerprint density at radius 2 is 2.00 bits per heavy atom. The van der Waals surface area contributed by atoms with Crippen molar-refractivity contribution in [3.05, 3.63) is 48.5 Å². The molecule has 0 aliphatic carbocycles. The third-order valence-corrected chi connectivity index (χ3v) is 5.63. The van der Waals surface area contributed by atoms with Gasteiger partial charge in [-0.3, -0.25) is 4.79 Å². The topological polar surface area (TPSA) is 42.0 Å². The number of hydrogen-bond acceptors (Lipinski definition) is 5. The smallest absolute Gasteiger partial charge is 0.236 e. The van der Waals surface area contributed by atoms with Gasteiger partial charge < -0.3 is 5.32 Å². The Hall–Kier alpha value is -1.50. The molecule has 1 heterocycles. The summed E-state index contributed by atoms with van der Waals surface area (Å²) in [5.41, 5.74) is 0.925. The molecule has 0 saturated heterocycles. The molecule has 0 aliphatic rings. The fourth-order valence-corrected chi connectivity index (χ4v) is 4.06. The Kier molecular flexibility index (Phi) is 5.02. The van der Waals surface area contributed by atoms with Crippen LogP contribution in [0.1, 0.15) is 0 Å². The van der Waals surface area contributed by atoms with Crippen LogP contribution in [0, 0.1) is 0 Å². The van der Waals surface area contributed by atoms with E-state index >= 15 is 0 Å². The highest BCUT2D eigenvalue weighted by molar-refractivity contribution is 8.00. The van der Waals surface area contributed by atoms with E-state index < -0.39 is 0 Å². The second kappa shape index (κ2) is 7.17. The number of carbonyl (C=O) groups excluding carboxylic acids is 1. The van der Waals surface area contributed by atoms with Gasteiger partial charge in [0.15, 0.2) is 5.13 Å². The maximum absolute atomic E-state index is 12.0. The van der Waals surface area contributed by atoms with Gasteiger partial charge in [0.25, 0.3) is 0 Å². The van der Waals surface area contributed by atoms with Crippen LogP contribution in [-0.4, -0.2) is 22.9 Å². The Balaban J connectivity index is 1.63. The lowest BCUT2D eigenvalue weighted by atomic mass is 10.3. The van der Waals surface area contributed by atoms with Crippen LogP contribution >= 0.6 is 34.9 Å². The van der Waals surface area contributed by atoms with E-state index in [0.29, 0.717) is 10.9 Å². The third-order valence-electron chi connectivity index (χ3n) is 2.96. The molecule has 0 fully saturated rings. The van der Waals surface area contributed by atoms with E-state index in [0.717, 1.165) is 15.1 Å². The minimum atomic E-state index is -0.0296. The van der Waals surface area contributed by atoms with Crippen LogP contribution in [0.2, 0.25) is 0 Å². The second-order valence-corrected chi connectivity index (χ2v) is 7.46. The fourth-order valence-electron chi connectivity index (χ4n) is 1.91. The number of rotatable bonds is 5. The number of anilines is 1. The van der Waals surface area contributed by atoms with Crippen molar-refractivity contribution < 1.29 is 4.79 Å². The Labute approximate surface area is 141 Å². The van der Waals surface area contributed by atoms with Crippen molar-refractivity contribution in [1.29, 1.82) is 0 Å². The fraction of sp³-hybridized carbons (Fsp3) is 0.125. The van der Waals surface area contributed by atoms with E-state index in [1.807, 2.05) is 48.7 Å².